The van der Waals surface area contributed by atoms with Crippen LogP contribution in [0.3, 0.4) is 0 Å². The Kier molecular flexibility index (Phi) is 6.41. The van der Waals surface area contributed by atoms with Crippen molar-refractivity contribution in [1.82, 2.24) is 15.1 Å². The molecule has 0 saturated heterocycles. The van der Waals surface area contributed by atoms with E-state index < -0.39 is 5.97 Å². The Morgan fingerprint density at radius 3 is 2.50 bits per heavy atom. The Labute approximate surface area is 162 Å². The van der Waals surface area contributed by atoms with Gasteiger partial charge in [0.15, 0.2) is 6.61 Å². The molecule has 1 amide bonds. The number of nitrogens with one attached hydrogen (secondary N) is 1. The van der Waals surface area contributed by atoms with E-state index in [4.69, 9.17) is 9.84 Å². The van der Waals surface area contributed by atoms with Crippen molar-refractivity contribution in [3.63, 3.8) is 0 Å². The van der Waals surface area contributed by atoms with E-state index in [2.05, 4.69) is 10.4 Å². The standard InChI is InChI=1S/C21H21N3O4/c25-20(14-17-11-13-24(23-17)18-4-2-1-3-5-18)22-12-10-16-6-8-19(9-7-16)28-15-21(26)27/h1-9,11,13H,10,12,14-15H2,(H,22,25)(H,26,27). The lowest BCUT2D eigenvalue weighted by atomic mass is 10.1. The van der Waals surface area contributed by atoms with Crippen molar-refractivity contribution in [1.29, 1.82) is 0 Å². The number of nitrogens with zero attached hydrogens (tertiary/aromatic N) is 2. The van der Waals surface area contributed by atoms with E-state index in [9.17, 15) is 9.59 Å². The van der Waals surface area contributed by atoms with Crippen molar-refractivity contribution >= 4 is 11.9 Å². The van der Waals surface area contributed by atoms with E-state index in [1.54, 1.807) is 16.8 Å². The normalized spacial score (nSPS) is 10.4. The molecule has 7 heteroatoms. The molecule has 0 fully saturated rings. The van der Waals surface area contributed by atoms with Crippen LogP contribution in [-0.2, 0) is 22.4 Å². The number of carboxylic acid groups (broad SMARTS) is 1. The van der Waals surface area contributed by atoms with E-state index in [0.29, 0.717) is 24.4 Å². The largest absolute Gasteiger partial charge is 0.482 e. The Morgan fingerprint density at radius 2 is 1.79 bits per heavy atom. The molecule has 28 heavy (non-hydrogen) atoms. The maximum atomic E-state index is 12.1. The molecule has 2 aromatic carbocycles. The van der Waals surface area contributed by atoms with Gasteiger partial charge < -0.3 is 15.2 Å². The number of aliphatic carboxylic acids is 1. The quantitative estimate of drug-likeness (QED) is 0.595. The van der Waals surface area contributed by atoms with Crippen LogP contribution < -0.4 is 10.1 Å². The number of hydrogen-bond donors (Lipinski definition) is 2. The summed E-state index contributed by atoms with van der Waals surface area (Å²) in [6.07, 6.45) is 2.73. The van der Waals surface area contributed by atoms with Gasteiger partial charge in [-0.3, -0.25) is 4.79 Å². The first-order valence-corrected chi connectivity index (χ1v) is 8.90. The number of carbonyl (C=O) groups is 2. The summed E-state index contributed by atoms with van der Waals surface area (Å²) < 4.78 is 6.83. The molecule has 0 bridgehead atoms. The lowest BCUT2D eigenvalue weighted by molar-refractivity contribution is -0.139. The van der Waals surface area contributed by atoms with Crippen molar-refractivity contribution < 1.29 is 19.4 Å². The molecule has 3 rings (SSSR count). The maximum absolute atomic E-state index is 12.1. The second kappa shape index (κ2) is 9.36. The minimum Gasteiger partial charge on any atom is -0.482 e. The second-order valence-corrected chi connectivity index (χ2v) is 6.19. The molecule has 0 atom stereocenters. The summed E-state index contributed by atoms with van der Waals surface area (Å²) in [6, 6.07) is 18.7. The number of aromatic nitrogens is 2. The van der Waals surface area contributed by atoms with Gasteiger partial charge in [0.25, 0.3) is 0 Å². The third-order valence-corrected chi connectivity index (χ3v) is 4.03. The number of hydrogen-bond acceptors (Lipinski definition) is 4. The average molecular weight is 379 g/mol. The van der Waals surface area contributed by atoms with Gasteiger partial charge in [0.1, 0.15) is 5.75 Å². The lowest BCUT2D eigenvalue weighted by Gasteiger charge is -2.06. The van der Waals surface area contributed by atoms with Gasteiger partial charge >= 0.3 is 5.97 Å². The van der Waals surface area contributed by atoms with Crippen LogP contribution >= 0.6 is 0 Å². The number of rotatable bonds is 9. The number of para-hydroxylation sites is 1. The summed E-state index contributed by atoms with van der Waals surface area (Å²) >= 11 is 0. The Balaban J connectivity index is 1.42. The Hall–Kier alpha value is -3.61. The van der Waals surface area contributed by atoms with Crippen molar-refractivity contribution in [2.75, 3.05) is 13.2 Å². The van der Waals surface area contributed by atoms with Crippen LogP contribution in [0.15, 0.2) is 66.9 Å². The molecule has 0 radical (unpaired) electrons. The van der Waals surface area contributed by atoms with Crippen molar-refractivity contribution in [2.24, 2.45) is 0 Å². The van der Waals surface area contributed by atoms with E-state index in [1.165, 1.54) is 0 Å². The summed E-state index contributed by atoms with van der Waals surface area (Å²) in [6.45, 7) is 0.142. The number of carboxylic acids is 1. The molecule has 3 aromatic rings. The van der Waals surface area contributed by atoms with Gasteiger partial charge in [-0.05, 0) is 42.3 Å². The maximum Gasteiger partial charge on any atom is 0.341 e. The molecule has 0 unspecified atom stereocenters. The van der Waals surface area contributed by atoms with Crippen molar-refractivity contribution in [3.05, 3.63) is 78.1 Å². The van der Waals surface area contributed by atoms with Crippen LogP contribution in [0.1, 0.15) is 11.3 Å². The molecule has 1 heterocycles. The van der Waals surface area contributed by atoms with Crippen LogP contribution in [0.25, 0.3) is 5.69 Å². The number of ether oxygens (including phenoxy) is 1. The van der Waals surface area contributed by atoms with Gasteiger partial charge in [-0.15, -0.1) is 0 Å². The van der Waals surface area contributed by atoms with Crippen LogP contribution in [0.5, 0.6) is 5.75 Å². The zero-order valence-electron chi connectivity index (χ0n) is 15.2. The topological polar surface area (TPSA) is 93.5 Å². The van der Waals surface area contributed by atoms with Gasteiger partial charge in [-0.1, -0.05) is 30.3 Å². The molecule has 0 aliphatic heterocycles. The first-order valence-electron chi connectivity index (χ1n) is 8.90. The highest BCUT2D eigenvalue weighted by molar-refractivity contribution is 5.78. The molecular weight excluding hydrogens is 358 g/mol. The molecular formula is C21H21N3O4. The first kappa shape index (κ1) is 19.2. The fourth-order valence-corrected chi connectivity index (χ4v) is 2.65. The van der Waals surface area contributed by atoms with E-state index in [-0.39, 0.29) is 18.9 Å². The third-order valence-electron chi connectivity index (χ3n) is 4.03. The minimum absolute atomic E-state index is 0.0836. The van der Waals surface area contributed by atoms with Gasteiger partial charge in [0.2, 0.25) is 5.91 Å². The van der Waals surface area contributed by atoms with Gasteiger partial charge in [0.05, 0.1) is 17.8 Å². The smallest absolute Gasteiger partial charge is 0.341 e. The van der Waals surface area contributed by atoms with Crippen LogP contribution in [0.4, 0.5) is 0 Å². The second-order valence-electron chi connectivity index (χ2n) is 6.19. The van der Waals surface area contributed by atoms with E-state index >= 15 is 0 Å². The molecule has 144 valence electrons. The zero-order valence-corrected chi connectivity index (χ0v) is 15.2. The Bertz CT molecular complexity index is 920. The average Bonchev–Trinajstić information content (AvgIpc) is 3.16. The minimum atomic E-state index is -1.01. The van der Waals surface area contributed by atoms with E-state index in [0.717, 1.165) is 11.3 Å². The summed E-state index contributed by atoms with van der Waals surface area (Å²) in [5.74, 6) is -0.593. The zero-order chi connectivity index (χ0) is 19.8. The summed E-state index contributed by atoms with van der Waals surface area (Å²) in [7, 11) is 0. The first-order chi connectivity index (χ1) is 13.6. The van der Waals surface area contributed by atoms with Gasteiger partial charge in [0, 0.05) is 12.7 Å². The summed E-state index contributed by atoms with van der Waals surface area (Å²) in [5.41, 5.74) is 2.68. The molecule has 0 saturated carbocycles. The number of carbonyl (C=O) groups excluding carboxylic acids is 1. The van der Waals surface area contributed by atoms with Crippen LogP contribution in [-0.4, -0.2) is 39.9 Å². The van der Waals surface area contributed by atoms with Gasteiger partial charge in [-0.2, -0.15) is 5.10 Å². The molecule has 2 N–H and O–H groups in total. The SMILES string of the molecule is O=C(O)COc1ccc(CCNC(=O)Cc2ccn(-c3ccccc3)n2)cc1. The molecule has 7 nitrogen and oxygen atoms in total. The molecule has 0 aliphatic carbocycles. The van der Waals surface area contributed by atoms with Crippen LogP contribution in [0, 0.1) is 0 Å². The third kappa shape index (κ3) is 5.70. The lowest BCUT2D eigenvalue weighted by Crippen LogP contribution is -2.27. The van der Waals surface area contributed by atoms with Crippen LogP contribution in [0.2, 0.25) is 0 Å². The fraction of sp³-hybridized carbons (Fsp3) is 0.190. The Morgan fingerprint density at radius 1 is 1.04 bits per heavy atom. The highest BCUT2D eigenvalue weighted by atomic mass is 16.5. The van der Waals surface area contributed by atoms with Gasteiger partial charge in [-0.25, -0.2) is 9.48 Å². The fourth-order valence-electron chi connectivity index (χ4n) is 2.65. The predicted molar refractivity (Wildman–Crippen MR) is 104 cm³/mol. The summed E-state index contributed by atoms with van der Waals surface area (Å²) in [4.78, 5) is 22.6. The highest BCUT2D eigenvalue weighted by Gasteiger charge is 2.07. The summed E-state index contributed by atoms with van der Waals surface area (Å²) in [5, 5.41) is 15.9. The molecule has 0 spiro atoms. The molecule has 1 aromatic heterocycles. The van der Waals surface area contributed by atoms with Crippen molar-refractivity contribution in [3.8, 4) is 11.4 Å². The highest BCUT2D eigenvalue weighted by Crippen LogP contribution is 2.12. The van der Waals surface area contributed by atoms with E-state index in [1.807, 2.05) is 54.7 Å². The number of benzene rings is 2. The monoisotopic (exact) mass is 379 g/mol. The molecule has 0 aliphatic rings. The number of amides is 1. The van der Waals surface area contributed by atoms with Crippen molar-refractivity contribution in [2.45, 2.75) is 12.8 Å². The predicted octanol–water partition coefficient (Wildman–Crippen LogP) is 2.24.